The fourth-order valence-electron chi connectivity index (χ4n) is 1.21. The number of allylic oxidation sites excluding steroid dienone is 2. The quantitative estimate of drug-likeness (QED) is 0.670. The number of ketones is 1. The van der Waals surface area contributed by atoms with Crippen LogP contribution in [0.15, 0.2) is 42.2 Å². The van der Waals surface area contributed by atoms with Gasteiger partial charge in [-0.3, -0.25) is 4.79 Å². The van der Waals surface area contributed by atoms with Gasteiger partial charge in [0.25, 0.3) is 0 Å². The van der Waals surface area contributed by atoms with Gasteiger partial charge in [0, 0.05) is 12.5 Å². The highest BCUT2D eigenvalue weighted by Crippen LogP contribution is 2.04. The third kappa shape index (κ3) is 3.99. The molecule has 74 valence electrons. The van der Waals surface area contributed by atoms with Gasteiger partial charge in [0.05, 0.1) is 0 Å². The van der Waals surface area contributed by atoms with Crippen LogP contribution in [0.3, 0.4) is 0 Å². The van der Waals surface area contributed by atoms with Gasteiger partial charge < -0.3 is 0 Å². The van der Waals surface area contributed by atoms with Crippen molar-refractivity contribution in [3.05, 3.63) is 47.8 Å². The highest BCUT2D eigenvalue weighted by Gasteiger charge is 1.99. The summed E-state index contributed by atoms with van der Waals surface area (Å²) in [6.45, 7) is 1.28. The van der Waals surface area contributed by atoms with E-state index in [0.717, 1.165) is 11.6 Å². The molecule has 0 bridgehead atoms. The SMILES string of the molecule is C/C(F)=C/C(=O)CCc1ccccc1. The number of hydrogen-bond acceptors (Lipinski definition) is 1. The second-order valence-corrected chi connectivity index (χ2v) is 3.18. The van der Waals surface area contributed by atoms with Crippen LogP contribution >= 0.6 is 0 Å². The van der Waals surface area contributed by atoms with E-state index in [1.807, 2.05) is 30.3 Å². The Bertz CT molecular complexity index is 323. The zero-order valence-corrected chi connectivity index (χ0v) is 8.16. The number of halogens is 1. The van der Waals surface area contributed by atoms with Crippen LogP contribution < -0.4 is 0 Å². The molecule has 0 spiro atoms. The molecule has 1 aromatic carbocycles. The molecule has 0 N–H and O–H groups in total. The van der Waals surface area contributed by atoms with E-state index in [4.69, 9.17) is 0 Å². The first kappa shape index (κ1) is 10.6. The van der Waals surface area contributed by atoms with Crippen molar-refractivity contribution in [2.24, 2.45) is 0 Å². The van der Waals surface area contributed by atoms with Gasteiger partial charge in [-0.05, 0) is 18.9 Å². The molecule has 0 amide bonds. The summed E-state index contributed by atoms with van der Waals surface area (Å²) in [5.41, 5.74) is 1.10. The maximum absolute atomic E-state index is 12.3. The predicted octanol–water partition coefficient (Wildman–Crippen LogP) is 3.06. The van der Waals surface area contributed by atoms with Gasteiger partial charge in [0.15, 0.2) is 5.78 Å². The number of aryl methyl sites for hydroxylation is 1. The molecule has 0 unspecified atom stereocenters. The van der Waals surface area contributed by atoms with E-state index >= 15 is 0 Å². The van der Waals surface area contributed by atoms with Crippen LogP contribution in [0, 0.1) is 0 Å². The largest absolute Gasteiger partial charge is 0.295 e. The van der Waals surface area contributed by atoms with E-state index in [1.165, 1.54) is 6.92 Å². The van der Waals surface area contributed by atoms with Crippen LogP contribution in [0.5, 0.6) is 0 Å². The van der Waals surface area contributed by atoms with E-state index in [0.29, 0.717) is 12.8 Å². The lowest BCUT2D eigenvalue weighted by Gasteiger charge is -1.97. The normalized spacial score (nSPS) is 11.4. The molecule has 14 heavy (non-hydrogen) atoms. The molecular weight excluding hydrogens is 179 g/mol. The second-order valence-electron chi connectivity index (χ2n) is 3.18. The molecule has 1 aromatic rings. The lowest BCUT2D eigenvalue weighted by Crippen LogP contribution is -1.96. The van der Waals surface area contributed by atoms with Crippen molar-refractivity contribution in [3.63, 3.8) is 0 Å². The molecule has 0 fully saturated rings. The van der Waals surface area contributed by atoms with Gasteiger partial charge in [-0.15, -0.1) is 0 Å². The van der Waals surface area contributed by atoms with Crippen molar-refractivity contribution >= 4 is 5.78 Å². The van der Waals surface area contributed by atoms with Crippen LogP contribution in [0.25, 0.3) is 0 Å². The highest BCUT2D eigenvalue weighted by molar-refractivity contribution is 5.90. The lowest BCUT2D eigenvalue weighted by atomic mass is 10.1. The first-order chi connectivity index (χ1) is 6.68. The molecule has 0 aromatic heterocycles. The van der Waals surface area contributed by atoms with E-state index in [1.54, 1.807) is 0 Å². The minimum absolute atomic E-state index is 0.158. The van der Waals surface area contributed by atoms with Crippen molar-refractivity contribution in [3.8, 4) is 0 Å². The van der Waals surface area contributed by atoms with E-state index < -0.39 is 5.83 Å². The van der Waals surface area contributed by atoms with Gasteiger partial charge >= 0.3 is 0 Å². The highest BCUT2D eigenvalue weighted by atomic mass is 19.1. The molecule has 0 radical (unpaired) electrons. The van der Waals surface area contributed by atoms with E-state index in [-0.39, 0.29) is 5.78 Å². The Morgan fingerprint density at radius 3 is 2.57 bits per heavy atom. The van der Waals surface area contributed by atoms with Crippen molar-refractivity contribution in [1.29, 1.82) is 0 Å². The van der Waals surface area contributed by atoms with E-state index in [9.17, 15) is 9.18 Å². The molecule has 0 aliphatic carbocycles. The summed E-state index contributed by atoms with van der Waals surface area (Å²) in [4.78, 5) is 11.1. The van der Waals surface area contributed by atoms with Crippen LogP contribution in [-0.2, 0) is 11.2 Å². The van der Waals surface area contributed by atoms with Gasteiger partial charge in [-0.2, -0.15) is 0 Å². The molecule has 0 heterocycles. The van der Waals surface area contributed by atoms with Crippen molar-refractivity contribution in [2.45, 2.75) is 19.8 Å². The number of benzene rings is 1. The Balaban J connectivity index is 2.42. The van der Waals surface area contributed by atoms with Gasteiger partial charge in [0.2, 0.25) is 0 Å². The molecule has 0 aliphatic heterocycles. The standard InChI is InChI=1S/C12H13FO/c1-10(13)9-12(14)8-7-11-5-3-2-4-6-11/h2-6,9H,7-8H2,1H3/b10-9-. The summed E-state index contributed by atoms with van der Waals surface area (Å²) in [6.07, 6.45) is 2.08. The third-order valence-corrected chi connectivity index (χ3v) is 1.86. The first-order valence-electron chi connectivity index (χ1n) is 4.59. The Morgan fingerprint density at radius 1 is 1.36 bits per heavy atom. The zero-order valence-electron chi connectivity index (χ0n) is 8.16. The third-order valence-electron chi connectivity index (χ3n) is 1.86. The van der Waals surface area contributed by atoms with Crippen molar-refractivity contribution in [1.82, 2.24) is 0 Å². The fourth-order valence-corrected chi connectivity index (χ4v) is 1.21. The van der Waals surface area contributed by atoms with Crippen molar-refractivity contribution < 1.29 is 9.18 Å². The maximum Gasteiger partial charge on any atom is 0.158 e. The molecule has 1 nitrogen and oxygen atoms in total. The molecule has 0 saturated heterocycles. The summed E-state index contributed by atoms with van der Waals surface area (Å²) in [7, 11) is 0. The fraction of sp³-hybridized carbons (Fsp3) is 0.250. The van der Waals surface area contributed by atoms with Gasteiger partial charge in [0.1, 0.15) is 5.83 Å². The Hall–Kier alpha value is -1.44. The number of carbonyl (C=O) groups is 1. The molecule has 0 atom stereocenters. The van der Waals surface area contributed by atoms with Crippen LogP contribution in [-0.4, -0.2) is 5.78 Å². The minimum atomic E-state index is -0.428. The Kier molecular flexibility index (Phi) is 4.05. The number of carbonyl (C=O) groups excluding carboxylic acids is 1. The topological polar surface area (TPSA) is 17.1 Å². The average molecular weight is 192 g/mol. The lowest BCUT2D eigenvalue weighted by molar-refractivity contribution is -0.114. The van der Waals surface area contributed by atoms with Gasteiger partial charge in [-0.25, -0.2) is 4.39 Å². The smallest absolute Gasteiger partial charge is 0.158 e. The second kappa shape index (κ2) is 5.32. The average Bonchev–Trinajstić information content (AvgIpc) is 2.15. The molecule has 0 saturated carbocycles. The summed E-state index contributed by atoms with van der Waals surface area (Å²) < 4.78 is 12.3. The van der Waals surface area contributed by atoms with Gasteiger partial charge in [-0.1, -0.05) is 30.3 Å². The predicted molar refractivity (Wildman–Crippen MR) is 54.6 cm³/mol. The Labute approximate surface area is 83.3 Å². The van der Waals surface area contributed by atoms with Crippen LogP contribution in [0.1, 0.15) is 18.9 Å². The zero-order chi connectivity index (χ0) is 10.4. The summed E-state index contributed by atoms with van der Waals surface area (Å²) >= 11 is 0. The molecule has 1 rings (SSSR count). The van der Waals surface area contributed by atoms with E-state index in [2.05, 4.69) is 0 Å². The number of hydrogen-bond donors (Lipinski definition) is 0. The maximum atomic E-state index is 12.3. The van der Waals surface area contributed by atoms with Crippen molar-refractivity contribution in [2.75, 3.05) is 0 Å². The molecule has 2 heteroatoms. The van der Waals surface area contributed by atoms with Crippen LogP contribution in [0.4, 0.5) is 4.39 Å². The first-order valence-corrected chi connectivity index (χ1v) is 4.59. The monoisotopic (exact) mass is 192 g/mol. The summed E-state index contributed by atoms with van der Waals surface area (Å²) in [5, 5.41) is 0. The Morgan fingerprint density at radius 2 is 2.00 bits per heavy atom. The summed E-state index contributed by atoms with van der Waals surface area (Å²) in [5.74, 6) is -0.586. The molecule has 0 aliphatic rings. The number of rotatable bonds is 4. The molecular formula is C12H13FO. The summed E-state index contributed by atoms with van der Waals surface area (Å²) in [6, 6.07) is 9.70. The minimum Gasteiger partial charge on any atom is -0.295 e. The van der Waals surface area contributed by atoms with Crippen LogP contribution in [0.2, 0.25) is 0 Å².